The zero-order valence-corrected chi connectivity index (χ0v) is 23.0. The first-order chi connectivity index (χ1) is 19.1. The van der Waals surface area contributed by atoms with Gasteiger partial charge in [-0.15, -0.1) is 0 Å². The number of carboxylic acids is 1. The van der Waals surface area contributed by atoms with Gasteiger partial charge in [-0.3, -0.25) is 4.79 Å². The summed E-state index contributed by atoms with van der Waals surface area (Å²) in [5.74, 6) is -1.77. The summed E-state index contributed by atoms with van der Waals surface area (Å²) in [4.78, 5) is 36.5. The normalized spacial score (nSPS) is 12.4. The Morgan fingerprint density at radius 3 is 2.24 bits per heavy atom. The fourth-order valence-corrected chi connectivity index (χ4v) is 3.89. The van der Waals surface area contributed by atoms with E-state index in [4.69, 9.17) is 15.2 Å². The largest absolute Gasteiger partial charge is 0.478 e. The second-order valence-corrected chi connectivity index (χ2v) is 10.1. The Balaban J connectivity index is 1.58. The third-order valence-corrected chi connectivity index (χ3v) is 6.25. The Kier molecular flexibility index (Phi) is 9.44. The first kappa shape index (κ1) is 31.2. The third kappa shape index (κ3) is 8.31. The number of aliphatic carboxylic acids is 1. The number of esters is 1. The van der Waals surface area contributed by atoms with Gasteiger partial charge in [0.15, 0.2) is 5.60 Å². The molecule has 3 rings (SSSR count). The number of carboxylic acid groups (broad SMARTS) is 1. The average Bonchev–Trinajstić information content (AvgIpc) is 2.88. The van der Waals surface area contributed by atoms with Crippen LogP contribution in [0.2, 0.25) is 0 Å². The number of rotatable bonds is 10. The van der Waals surface area contributed by atoms with Crippen LogP contribution >= 0.6 is 0 Å². The number of hydrogen-bond donors (Lipinski definition) is 3. The molecule has 0 radical (unpaired) electrons. The number of aryl methyl sites for hydroxylation is 2. The minimum Gasteiger partial charge on any atom is -0.478 e. The molecule has 218 valence electrons. The van der Waals surface area contributed by atoms with Crippen molar-refractivity contribution in [3.8, 4) is 11.5 Å². The Bertz CT molecular complexity index is 1450. The highest BCUT2D eigenvalue weighted by Crippen LogP contribution is 2.30. The van der Waals surface area contributed by atoms with Crippen molar-refractivity contribution in [2.75, 3.05) is 0 Å². The predicted octanol–water partition coefficient (Wildman–Crippen LogP) is 4.97. The number of ether oxygens (including phenoxy) is 2. The molecule has 8 nitrogen and oxygen atoms in total. The predicted molar refractivity (Wildman–Crippen MR) is 145 cm³/mol. The lowest BCUT2D eigenvalue weighted by atomic mass is 10.0. The first-order valence-electron chi connectivity index (χ1n) is 12.6. The van der Waals surface area contributed by atoms with Gasteiger partial charge in [0.05, 0.1) is 5.56 Å². The SMILES string of the molecule is Cc1cc(OC(=O)[C@@H](N)Cc2cccc(CNC(=O)c3ccc(C(F)(F)F)cc3C)c2)ccc1OC(C)(C)C(=O)O. The first-order valence-corrected chi connectivity index (χ1v) is 12.6. The minimum absolute atomic E-state index is 0.110. The Hall–Kier alpha value is -4.38. The zero-order valence-electron chi connectivity index (χ0n) is 23.0. The second kappa shape index (κ2) is 12.4. The number of carbonyl (C=O) groups excluding carboxylic acids is 2. The number of nitrogens with two attached hydrogens (primary N) is 1. The van der Waals surface area contributed by atoms with Gasteiger partial charge in [0.25, 0.3) is 5.91 Å². The van der Waals surface area contributed by atoms with Gasteiger partial charge in [-0.25, -0.2) is 9.59 Å². The van der Waals surface area contributed by atoms with Gasteiger partial charge >= 0.3 is 18.1 Å². The van der Waals surface area contributed by atoms with E-state index in [9.17, 15) is 32.7 Å². The van der Waals surface area contributed by atoms with Crippen molar-refractivity contribution in [2.24, 2.45) is 5.73 Å². The van der Waals surface area contributed by atoms with Gasteiger partial charge in [-0.05, 0) is 92.8 Å². The summed E-state index contributed by atoms with van der Waals surface area (Å²) in [5.41, 5.74) is 6.14. The molecule has 1 atom stereocenters. The fourth-order valence-electron chi connectivity index (χ4n) is 3.89. The van der Waals surface area contributed by atoms with Gasteiger partial charge in [0.2, 0.25) is 0 Å². The highest BCUT2D eigenvalue weighted by molar-refractivity contribution is 5.95. The van der Waals surface area contributed by atoms with Crippen molar-refractivity contribution in [3.05, 3.63) is 94.0 Å². The van der Waals surface area contributed by atoms with Crippen LogP contribution in [0, 0.1) is 13.8 Å². The highest BCUT2D eigenvalue weighted by atomic mass is 19.4. The molecule has 0 fully saturated rings. The maximum Gasteiger partial charge on any atom is 0.416 e. The lowest BCUT2D eigenvalue weighted by molar-refractivity contribution is -0.152. The van der Waals surface area contributed by atoms with Crippen LogP contribution in [0.3, 0.4) is 0 Å². The molecule has 0 aliphatic heterocycles. The van der Waals surface area contributed by atoms with E-state index in [0.717, 1.165) is 18.2 Å². The number of hydrogen-bond acceptors (Lipinski definition) is 6. The summed E-state index contributed by atoms with van der Waals surface area (Å²) in [5, 5.41) is 11.9. The molecule has 0 saturated heterocycles. The lowest BCUT2D eigenvalue weighted by Crippen LogP contribution is -2.38. The van der Waals surface area contributed by atoms with Gasteiger partial charge in [-0.1, -0.05) is 24.3 Å². The molecule has 4 N–H and O–H groups in total. The number of alkyl halides is 3. The zero-order chi connectivity index (χ0) is 30.5. The third-order valence-electron chi connectivity index (χ3n) is 6.25. The smallest absolute Gasteiger partial charge is 0.416 e. The molecule has 0 unspecified atom stereocenters. The molecule has 0 heterocycles. The molecule has 0 saturated carbocycles. The Labute approximate surface area is 235 Å². The van der Waals surface area contributed by atoms with Crippen molar-refractivity contribution in [1.29, 1.82) is 0 Å². The van der Waals surface area contributed by atoms with Gasteiger partial charge in [-0.2, -0.15) is 13.2 Å². The number of carbonyl (C=O) groups is 3. The van der Waals surface area contributed by atoms with Crippen LogP contribution in [0.4, 0.5) is 13.2 Å². The van der Waals surface area contributed by atoms with Crippen molar-refractivity contribution in [3.63, 3.8) is 0 Å². The van der Waals surface area contributed by atoms with E-state index in [1.54, 1.807) is 37.3 Å². The standard InChI is InChI=1S/C30H31F3N2O6/c1-17-12-21(30(31,32)33)8-10-23(17)26(36)35-16-20-7-5-6-19(14-20)15-24(34)27(37)40-22-9-11-25(18(2)13-22)41-29(3,4)28(38)39/h5-14,24H,15-16,34H2,1-4H3,(H,35,36)(H,38,39)/t24-/m0/s1. The summed E-state index contributed by atoms with van der Waals surface area (Å²) in [6, 6.07) is 13.5. The van der Waals surface area contributed by atoms with Crippen LogP contribution in [0.5, 0.6) is 11.5 Å². The van der Waals surface area contributed by atoms with Crippen molar-refractivity contribution < 1.29 is 42.1 Å². The maximum absolute atomic E-state index is 12.9. The van der Waals surface area contributed by atoms with E-state index in [0.29, 0.717) is 22.4 Å². The van der Waals surface area contributed by atoms with Gasteiger partial charge in [0.1, 0.15) is 17.5 Å². The molecular weight excluding hydrogens is 541 g/mol. The molecule has 0 aliphatic rings. The minimum atomic E-state index is -4.49. The molecule has 3 aromatic rings. The maximum atomic E-state index is 12.9. The monoisotopic (exact) mass is 572 g/mol. The average molecular weight is 573 g/mol. The van der Waals surface area contributed by atoms with Gasteiger partial charge in [0, 0.05) is 12.1 Å². The summed E-state index contributed by atoms with van der Waals surface area (Å²) in [6.07, 6.45) is -4.35. The van der Waals surface area contributed by atoms with Crippen LogP contribution in [0.1, 0.15) is 52.0 Å². The lowest BCUT2D eigenvalue weighted by Gasteiger charge is -2.23. The molecule has 0 aliphatic carbocycles. The van der Waals surface area contributed by atoms with E-state index in [1.807, 2.05) is 0 Å². The molecule has 0 aromatic heterocycles. The van der Waals surface area contributed by atoms with Crippen LogP contribution in [0.25, 0.3) is 0 Å². The molecular formula is C30H31F3N2O6. The fraction of sp³-hybridized carbons (Fsp3) is 0.300. The Morgan fingerprint density at radius 2 is 1.63 bits per heavy atom. The van der Waals surface area contributed by atoms with Crippen LogP contribution in [0.15, 0.2) is 60.7 Å². The summed E-state index contributed by atoms with van der Waals surface area (Å²) in [6.45, 7) is 6.08. The van der Waals surface area contributed by atoms with E-state index in [1.165, 1.54) is 32.9 Å². The molecule has 0 spiro atoms. The summed E-state index contributed by atoms with van der Waals surface area (Å²) >= 11 is 0. The second-order valence-electron chi connectivity index (χ2n) is 10.1. The van der Waals surface area contributed by atoms with Gasteiger partial charge < -0.3 is 25.6 Å². The summed E-state index contributed by atoms with van der Waals surface area (Å²) in [7, 11) is 0. The molecule has 41 heavy (non-hydrogen) atoms. The number of nitrogens with one attached hydrogen (secondary N) is 1. The topological polar surface area (TPSA) is 128 Å². The molecule has 3 aromatic carbocycles. The van der Waals surface area contributed by atoms with Crippen LogP contribution < -0.4 is 20.5 Å². The highest BCUT2D eigenvalue weighted by Gasteiger charge is 2.31. The van der Waals surface area contributed by atoms with E-state index in [-0.39, 0.29) is 29.8 Å². The van der Waals surface area contributed by atoms with Crippen molar-refractivity contribution in [1.82, 2.24) is 5.32 Å². The number of amides is 1. The molecule has 0 bridgehead atoms. The van der Waals surface area contributed by atoms with E-state index >= 15 is 0 Å². The van der Waals surface area contributed by atoms with Crippen LogP contribution in [-0.4, -0.2) is 34.6 Å². The number of halogens is 3. The Morgan fingerprint density at radius 1 is 0.951 bits per heavy atom. The van der Waals surface area contributed by atoms with E-state index in [2.05, 4.69) is 5.32 Å². The van der Waals surface area contributed by atoms with Crippen molar-refractivity contribution >= 4 is 17.8 Å². The van der Waals surface area contributed by atoms with Crippen molar-refractivity contribution in [2.45, 2.75) is 58.5 Å². The van der Waals surface area contributed by atoms with E-state index < -0.39 is 41.2 Å². The van der Waals surface area contributed by atoms with Crippen LogP contribution in [-0.2, 0) is 28.7 Å². The summed E-state index contributed by atoms with van der Waals surface area (Å²) < 4.78 is 49.6. The number of benzene rings is 3. The quantitative estimate of drug-likeness (QED) is 0.231. The molecule has 1 amide bonds. The molecule has 11 heteroatoms.